The van der Waals surface area contributed by atoms with E-state index in [0.29, 0.717) is 23.6 Å². The van der Waals surface area contributed by atoms with E-state index in [1.165, 1.54) is 17.5 Å². The monoisotopic (exact) mass is 350 g/mol. The number of methoxy groups -OCH3 is 1. The Kier molecular flexibility index (Phi) is 4.67. The highest BCUT2D eigenvalue weighted by molar-refractivity contribution is 5.76. The second-order valence-corrected chi connectivity index (χ2v) is 6.56. The van der Waals surface area contributed by atoms with Crippen LogP contribution in [0.15, 0.2) is 41.5 Å². The molecular weight excluding hydrogens is 328 g/mol. The maximum Gasteiger partial charge on any atom is 0.224 e. The van der Waals surface area contributed by atoms with Crippen molar-refractivity contribution in [1.82, 2.24) is 14.5 Å². The maximum absolute atomic E-state index is 12.2. The fourth-order valence-corrected chi connectivity index (χ4v) is 3.45. The standard InChI is InChI=1S/C20H22N4O2/c1-26-11-3-9-21-20-22-13-17-18(25)8-10-24(19(17)23-20)16-7-6-14-4-2-5-15(14)12-16/h6-8,10,12-13H,2-5,9,11H2,1H3,(H,21,22,23). The molecule has 0 saturated heterocycles. The number of aromatic nitrogens is 3. The Bertz CT molecular complexity index is 997. The third-order valence-corrected chi connectivity index (χ3v) is 4.81. The van der Waals surface area contributed by atoms with Crippen molar-refractivity contribution in [2.45, 2.75) is 25.7 Å². The van der Waals surface area contributed by atoms with Gasteiger partial charge in [0.05, 0.1) is 5.39 Å². The summed E-state index contributed by atoms with van der Waals surface area (Å²) < 4.78 is 7.02. The maximum atomic E-state index is 12.2. The lowest BCUT2D eigenvalue weighted by Crippen LogP contribution is -2.12. The van der Waals surface area contributed by atoms with Gasteiger partial charge >= 0.3 is 0 Å². The quantitative estimate of drug-likeness (QED) is 0.692. The lowest BCUT2D eigenvalue weighted by atomic mass is 10.1. The van der Waals surface area contributed by atoms with Gasteiger partial charge in [0.2, 0.25) is 5.95 Å². The highest BCUT2D eigenvalue weighted by atomic mass is 16.5. The number of rotatable bonds is 6. The lowest BCUT2D eigenvalue weighted by Gasteiger charge is -2.12. The van der Waals surface area contributed by atoms with Crippen LogP contribution in [0.4, 0.5) is 5.95 Å². The second kappa shape index (κ2) is 7.25. The Morgan fingerprint density at radius 1 is 1.23 bits per heavy atom. The average Bonchev–Trinajstić information content (AvgIpc) is 3.13. The first-order chi connectivity index (χ1) is 12.8. The summed E-state index contributed by atoms with van der Waals surface area (Å²) in [6.07, 6.45) is 7.74. The number of aryl methyl sites for hydroxylation is 2. The van der Waals surface area contributed by atoms with Gasteiger partial charge in [-0.1, -0.05) is 6.07 Å². The van der Waals surface area contributed by atoms with Gasteiger partial charge in [0.1, 0.15) is 0 Å². The zero-order valence-corrected chi connectivity index (χ0v) is 14.9. The van der Waals surface area contributed by atoms with Crippen LogP contribution in [0.1, 0.15) is 24.0 Å². The lowest BCUT2D eigenvalue weighted by molar-refractivity contribution is 0.197. The number of nitrogens with zero attached hydrogens (tertiary/aromatic N) is 3. The molecule has 3 aromatic rings. The fourth-order valence-electron chi connectivity index (χ4n) is 3.45. The van der Waals surface area contributed by atoms with Gasteiger partial charge in [-0.15, -0.1) is 0 Å². The molecule has 1 aliphatic rings. The number of ether oxygens (including phenoxy) is 1. The van der Waals surface area contributed by atoms with E-state index in [1.54, 1.807) is 25.6 Å². The van der Waals surface area contributed by atoms with Gasteiger partial charge in [-0.05, 0) is 48.9 Å². The Balaban J connectivity index is 1.74. The highest BCUT2D eigenvalue weighted by Gasteiger charge is 2.13. The Morgan fingerprint density at radius 2 is 2.12 bits per heavy atom. The van der Waals surface area contributed by atoms with Crippen LogP contribution < -0.4 is 10.7 Å². The SMILES string of the molecule is COCCCNc1ncc2c(=O)ccn(-c3ccc4c(c3)CCC4)c2n1. The molecule has 26 heavy (non-hydrogen) atoms. The molecule has 0 aliphatic heterocycles. The average molecular weight is 350 g/mol. The van der Waals surface area contributed by atoms with Gasteiger partial charge in [-0.3, -0.25) is 4.79 Å². The normalized spacial score (nSPS) is 13.1. The molecule has 6 nitrogen and oxygen atoms in total. The van der Waals surface area contributed by atoms with Crippen LogP contribution in [-0.4, -0.2) is 34.8 Å². The molecule has 6 heteroatoms. The molecule has 134 valence electrons. The molecule has 0 bridgehead atoms. The molecule has 0 saturated carbocycles. The summed E-state index contributed by atoms with van der Waals surface area (Å²) in [6, 6.07) is 8.07. The van der Waals surface area contributed by atoms with Crippen LogP contribution in [0.25, 0.3) is 16.7 Å². The van der Waals surface area contributed by atoms with Gasteiger partial charge in [0.25, 0.3) is 0 Å². The van der Waals surface area contributed by atoms with E-state index in [2.05, 4.69) is 33.5 Å². The fraction of sp³-hybridized carbons (Fsp3) is 0.350. The number of hydrogen-bond acceptors (Lipinski definition) is 5. The first kappa shape index (κ1) is 16.7. The summed E-state index contributed by atoms with van der Waals surface area (Å²) >= 11 is 0. The molecule has 2 heterocycles. The van der Waals surface area contributed by atoms with Crippen LogP contribution in [-0.2, 0) is 17.6 Å². The van der Waals surface area contributed by atoms with Crippen LogP contribution in [0.3, 0.4) is 0 Å². The van der Waals surface area contributed by atoms with E-state index in [9.17, 15) is 4.79 Å². The largest absolute Gasteiger partial charge is 0.385 e. The van der Waals surface area contributed by atoms with Crippen molar-refractivity contribution >= 4 is 17.0 Å². The molecular formula is C20H22N4O2. The van der Waals surface area contributed by atoms with Crippen molar-refractivity contribution in [3.05, 3.63) is 58.0 Å². The number of fused-ring (bicyclic) bond motifs is 2. The number of benzene rings is 1. The Hall–Kier alpha value is -2.73. The zero-order valence-electron chi connectivity index (χ0n) is 14.9. The molecule has 4 rings (SSSR count). The number of anilines is 1. The molecule has 0 radical (unpaired) electrons. The van der Waals surface area contributed by atoms with E-state index in [1.807, 2.05) is 4.57 Å². The predicted octanol–water partition coefficient (Wildman–Crippen LogP) is 2.72. The van der Waals surface area contributed by atoms with E-state index in [4.69, 9.17) is 4.74 Å². The van der Waals surface area contributed by atoms with E-state index >= 15 is 0 Å². The minimum Gasteiger partial charge on any atom is -0.385 e. The summed E-state index contributed by atoms with van der Waals surface area (Å²) in [7, 11) is 1.68. The van der Waals surface area contributed by atoms with Crippen LogP contribution >= 0.6 is 0 Å². The molecule has 0 atom stereocenters. The molecule has 0 unspecified atom stereocenters. The summed E-state index contributed by atoms with van der Waals surface area (Å²) in [5, 5.41) is 3.72. The van der Waals surface area contributed by atoms with E-state index < -0.39 is 0 Å². The van der Waals surface area contributed by atoms with Crippen molar-refractivity contribution in [2.75, 3.05) is 25.6 Å². The second-order valence-electron chi connectivity index (χ2n) is 6.56. The Labute approximate surface area is 151 Å². The molecule has 0 fully saturated rings. The molecule has 1 N–H and O–H groups in total. The van der Waals surface area contributed by atoms with Gasteiger partial charge in [-0.25, -0.2) is 4.98 Å². The third-order valence-electron chi connectivity index (χ3n) is 4.81. The summed E-state index contributed by atoms with van der Waals surface area (Å²) in [4.78, 5) is 21.1. The summed E-state index contributed by atoms with van der Waals surface area (Å²) in [5.74, 6) is 0.522. The van der Waals surface area contributed by atoms with Crippen molar-refractivity contribution in [2.24, 2.45) is 0 Å². The minimum atomic E-state index is -0.0663. The molecule has 0 spiro atoms. The number of nitrogens with one attached hydrogen (secondary N) is 1. The molecule has 2 aromatic heterocycles. The van der Waals surface area contributed by atoms with E-state index in [-0.39, 0.29) is 5.43 Å². The minimum absolute atomic E-state index is 0.0663. The zero-order chi connectivity index (χ0) is 17.9. The van der Waals surface area contributed by atoms with Crippen molar-refractivity contribution in [3.63, 3.8) is 0 Å². The smallest absolute Gasteiger partial charge is 0.224 e. The first-order valence-corrected chi connectivity index (χ1v) is 8.99. The van der Waals surface area contributed by atoms with Crippen molar-refractivity contribution in [3.8, 4) is 5.69 Å². The van der Waals surface area contributed by atoms with Gasteiger partial charge < -0.3 is 14.6 Å². The molecule has 1 aliphatic carbocycles. The number of hydrogen-bond donors (Lipinski definition) is 1. The summed E-state index contributed by atoms with van der Waals surface area (Å²) in [6.45, 7) is 1.40. The highest BCUT2D eigenvalue weighted by Crippen LogP contribution is 2.25. The van der Waals surface area contributed by atoms with Gasteiger partial charge in [0, 0.05) is 44.4 Å². The molecule has 1 aromatic carbocycles. The number of pyridine rings is 1. The molecule has 0 amide bonds. The van der Waals surface area contributed by atoms with Crippen LogP contribution in [0.5, 0.6) is 0 Å². The predicted molar refractivity (Wildman–Crippen MR) is 102 cm³/mol. The third kappa shape index (κ3) is 3.20. The van der Waals surface area contributed by atoms with Crippen molar-refractivity contribution < 1.29 is 4.74 Å². The van der Waals surface area contributed by atoms with Gasteiger partial charge in [0.15, 0.2) is 11.1 Å². The van der Waals surface area contributed by atoms with Crippen LogP contribution in [0.2, 0.25) is 0 Å². The van der Waals surface area contributed by atoms with Gasteiger partial charge in [-0.2, -0.15) is 4.98 Å². The topological polar surface area (TPSA) is 69.0 Å². The van der Waals surface area contributed by atoms with Crippen molar-refractivity contribution in [1.29, 1.82) is 0 Å². The first-order valence-electron chi connectivity index (χ1n) is 8.99. The van der Waals surface area contributed by atoms with E-state index in [0.717, 1.165) is 31.5 Å². The Morgan fingerprint density at radius 3 is 3.00 bits per heavy atom. The summed E-state index contributed by atoms with van der Waals surface area (Å²) in [5.41, 5.74) is 4.40. The van der Waals surface area contributed by atoms with Crippen LogP contribution in [0, 0.1) is 0 Å².